The molecule has 0 radical (unpaired) electrons. The SMILES string of the molecule is Cc1ccc2c(n1)oc1c(-c3n(C(C)C)c4ccccc4[n+]3C)c(C)ccc12.Cc1ccc2c(oc3nc(C(C)C)ccc32)c1-c1n(C(C)C)c2ccccc2[n+]1C.Cc1ccc2c(oc3nc(CC(C)C)ccc32)c1-c1n(C(C)C)c2ccccc2[n+]1C.Cc1ccc2c(oc3ncccc32)c1-c1n(-c2ccccc2)c2ccccc2[n+]1C. The Bertz CT molecular complexity index is 7570. The number of nitrogens with zero attached hydrogens (tertiary/aromatic N) is 12. The molecule has 12 aromatic heterocycles. The maximum Gasteiger partial charge on any atom is 0.298 e. The van der Waals surface area contributed by atoms with Gasteiger partial charge in [0.2, 0.25) is 22.9 Å². The van der Waals surface area contributed by atoms with E-state index in [4.69, 9.17) is 27.6 Å². The Balaban J connectivity index is 0.000000109. The summed E-state index contributed by atoms with van der Waals surface area (Å²) in [6, 6.07) is 79.9. The standard InChI is InChI=1S/C27H30N3O.C26H20N3O.C26H28N3O.C24H24N3O/c1-16(2)15-19-12-14-21-20-13-11-18(5)24(25(20)31-26(21)28-19)27-29(6)22-9-7-8-10-23(22)30(27)17(3)4;1-17-14-15-19-20-11-8-16-27-25(20)30-24(19)23(17)26-28(2)21-12-6-7-13-22(21)29(26)18-9-4-3-5-10-18;1-15(2)20-14-13-19-18-12-11-17(5)23(24(18)30-25(19)27-20)26-28(6)21-9-7-8-10-22(21)29(26)16(3)4;1-14(2)27-20-9-7-6-8-19(20)26(5)24(27)21-15(3)10-12-17-18-13-11-16(4)25-23(18)28-22(17)21/h7-14,16-17H,15H2,1-6H3;3-16H,1-2H3;7-16H,1-6H3;6-14H,1-5H3/q4*+1. The number of fused-ring (bicyclic) bond motifs is 16. The van der Waals surface area contributed by atoms with Gasteiger partial charge in [-0.05, 0) is 226 Å². The predicted octanol–water partition coefficient (Wildman–Crippen LogP) is 24.3. The van der Waals surface area contributed by atoms with Gasteiger partial charge in [-0.2, -0.15) is 4.57 Å². The van der Waals surface area contributed by atoms with Gasteiger partial charge in [0.05, 0.1) is 46.3 Å². The van der Waals surface area contributed by atoms with E-state index >= 15 is 0 Å². The van der Waals surface area contributed by atoms with Gasteiger partial charge in [0.1, 0.15) is 27.9 Å². The van der Waals surface area contributed by atoms with Crippen LogP contribution in [0.3, 0.4) is 0 Å². The summed E-state index contributed by atoms with van der Waals surface area (Å²) >= 11 is 0. The highest BCUT2D eigenvalue weighted by Gasteiger charge is 2.36. The van der Waals surface area contributed by atoms with Crippen molar-refractivity contribution in [1.29, 1.82) is 0 Å². The first-order valence-corrected chi connectivity index (χ1v) is 41.7. The van der Waals surface area contributed by atoms with Crippen molar-refractivity contribution in [1.82, 2.24) is 38.2 Å². The van der Waals surface area contributed by atoms with Gasteiger partial charge in [-0.25, -0.2) is 51.9 Å². The molecule has 0 N–H and O–H groups in total. The van der Waals surface area contributed by atoms with Crippen molar-refractivity contribution in [3.63, 3.8) is 0 Å². The number of aryl methyl sites for hydroxylation is 9. The molecule has 0 saturated carbocycles. The molecule has 0 saturated heterocycles. The third-order valence-electron chi connectivity index (χ3n) is 23.8. The largest absolute Gasteiger partial charge is 0.437 e. The minimum Gasteiger partial charge on any atom is -0.437 e. The molecule has 594 valence electrons. The van der Waals surface area contributed by atoms with Crippen LogP contribution in [0.5, 0.6) is 0 Å². The van der Waals surface area contributed by atoms with E-state index in [-0.39, 0.29) is 0 Å². The van der Waals surface area contributed by atoms with Crippen LogP contribution >= 0.6 is 0 Å². The lowest BCUT2D eigenvalue weighted by molar-refractivity contribution is -0.634. The molecular formula is C103H102N12O4+4. The van der Waals surface area contributed by atoms with Crippen molar-refractivity contribution < 1.29 is 35.9 Å². The van der Waals surface area contributed by atoms with E-state index in [1.54, 1.807) is 6.20 Å². The molecule has 21 rings (SSSR count). The zero-order chi connectivity index (χ0) is 82.8. The molecule has 0 bridgehead atoms. The molecule has 0 spiro atoms. The number of aromatic nitrogens is 12. The fourth-order valence-corrected chi connectivity index (χ4v) is 18.2. The van der Waals surface area contributed by atoms with Crippen LogP contribution in [-0.4, -0.2) is 38.2 Å². The van der Waals surface area contributed by atoms with Crippen LogP contribution in [0.15, 0.2) is 248 Å². The van der Waals surface area contributed by atoms with Crippen LogP contribution in [0.4, 0.5) is 0 Å². The van der Waals surface area contributed by atoms with Gasteiger partial charge in [0.15, 0.2) is 66.5 Å². The summed E-state index contributed by atoms with van der Waals surface area (Å²) in [6.07, 6.45) is 2.73. The second-order valence-electron chi connectivity index (χ2n) is 33.7. The highest BCUT2D eigenvalue weighted by Crippen LogP contribution is 2.45. The molecule has 0 amide bonds. The Labute approximate surface area is 692 Å². The van der Waals surface area contributed by atoms with Crippen LogP contribution in [0.1, 0.15) is 133 Å². The van der Waals surface area contributed by atoms with Crippen LogP contribution in [-0.2, 0) is 34.6 Å². The molecular weight excluding hydrogens is 1470 g/mol. The Kier molecular flexibility index (Phi) is 19.6. The van der Waals surface area contributed by atoms with Gasteiger partial charge < -0.3 is 17.7 Å². The van der Waals surface area contributed by atoms with E-state index in [0.29, 0.717) is 41.4 Å². The minimum atomic E-state index is 0.316. The lowest BCUT2D eigenvalue weighted by atomic mass is 10.0. The third-order valence-corrected chi connectivity index (χ3v) is 23.8. The summed E-state index contributed by atoms with van der Waals surface area (Å²) in [5.41, 5.74) is 29.6. The zero-order valence-corrected chi connectivity index (χ0v) is 71.5. The molecule has 21 aromatic rings. The van der Waals surface area contributed by atoms with Crippen molar-refractivity contribution in [3.05, 3.63) is 270 Å². The number of imidazole rings is 4. The van der Waals surface area contributed by atoms with E-state index in [0.717, 1.165) is 157 Å². The van der Waals surface area contributed by atoms with Gasteiger partial charge in [0, 0.05) is 66.4 Å². The smallest absolute Gasteiger partial charge is 0.298 e. The molecule has 0 aliphatic heterocycles. The van der Waals surface area contributed by atoms with Gasteiger partial charge in [-0.1, -0.05) is 143 Å². The average Bonchev–Trinajstić information content (AvgIpc) is 1.59. The number of hydrogen-bond acceptors (Lipinski definition) is 8. The molecule has 16 nitrogen and oxygen atoms in total. The lowest BCUT2D eigenvalue weighted by Crippen LogP contribution is -2.30. The summed E-state index contributed by atoms with van der Waals surface area (Å²) in [5, 5.41) is 8.71. The van der Waals surface area contributed by atoms with Gasteiger partial charge in [0.25, 0.3) is 23.3 Å². The van der Waals surface area contributed by atoms with Gasteiger partial charge in [-0.3, -0.25) is 0 Å². The van der Waals surface area contributed by atoms with E-state index in [1.165, 1.54) is 61.1 Å². The van der Waals surface area contributed by atoms with E-state index in [9.17, 15) is 0 Å². The summed E-state index contributed by atoms with van der Waals surface area (Å²) in [4.78, 5) is 18.7. The number of pyridine rings is 4. The molecule has 0 unspecified atom stereocenters. The second-order valence-corrected chi connectivity index (χ2v) is 33.7. The number of rotatable bonds is 11. The molecule has 0 fully saturated rings. The summed E-state index contributed by atoms with van der Waals surface area (Å²) in [7, 11) is 8.55. The third kappa shape index (κ3) is 12.9. The second kappa shape index (κ2) is 30.3. The van der Waals surface area contributed by atoms with Gasteiger partial charge in [-0.15, -0.1) is 0 Å². The monoisotopic (exact) mass is 1570 g/mol. The Hall–Kier alpha value is -13.3. The van der Waals surface area contributed by atoms with Crippen molar-refractivity contribution in [2.24, 2.45) is 34.1 Å². The Morgan fingerprint density at radius 3 is 1.08 bits per heavy atom. The lowest BCUT2D eigenvalue weighted by Gasteiger charge is -2.09. The number of benzene rings is 9. The Morgan fingerprint density at radius 1 is 0.311 bits per heavy atom. The van der Waals surface area contributed by atoms with Gasteiger partial charge >= 0.3 is 0 Å². The molecule has 119 heavy (non-hydrogen) atoms. The fourth-order valence-electron chi connectivity index (χ4n) is 18.2. The molecule has 0 aliphatic carbocycles. The molecule has 12 heterocycles. The number of hydrogen-bond donors (Lipinski definition) is 0. The predicted molar refractivity (Wildman–Crippen MR) is 483 cm³/mol. The van der Waals surface area contributed by atoms with Crippen LogP contribution < -0.4 is 18.3 Å². The first kappa shape index (κ1) is 76.9. The highest BCUT2D eigenvalue weighted by atomic mass is 16.4. The van der Waals surface area contributed by atoms with Crippen LogP contribution in [0.2, 0.25) is 0 Å². The van der Waals surface area contributed by atoms with E-state index < -0.39 is 0 Å². The van der Waals surface area contributed by atoms with Crippen LogP contribution in [0.25, 0.3) is 184 Å². The van der Waals surface area contributed by atoms with Crippen molar-refractivity contribution >= 4 is 132 Å². The topological polar surface area (TPSA) is 139 Å². The summed E-state index contributed by atoms with van der Waals surface area (Å²) < 4.78 is 44.3. The van der Waals surface area contributed by atoms with Crippen molar-refractivity contribution in [3.8, 4) is 51.2 Å². The number of para-hydroxylation sites is 9. The average molecular weight is 1570 g/mol. The summed E-state index contributed by atoms with van der Waals surface area (Å²) in [6.45, 7) is 32.8. The van der Waals surface area contributed by atoms with E-state index in [1.807, 2.05) is 25.1 Å². The summed E-state index contributed by atoms with van der Waals surface area (Å²) in [5.74, 6) is 5.51. The zero-order valence-electron chi connectivity index (χ0n) is 71.5. The minimum absolute atomic E-state index is 0.316. The quantitative estimate of drug-likeness (QED) is 0.117. The van der Waals surface area contributed by atoms with E-state index in [2.05, 4.69) is 378 Å². The molecule has 0 atom stereocenters. The maximum absolute atomic E-state index is 6.49. The first-order chi connectivity index (χ1) is 57.4. The molecule has 0 aliphatic rings. The van der Waals surface area contributed by atoms with Crippen LogP contribution in [0, 0.1) is 40.5 Å². The maximum atomic E-state index is 6.49. The molecule has 16 heteroatoms. The molecule has 9 aromatic carbocycles. The first-order valence-electron chi connectivity index (χ1n) is 41.7. The normalized spacial score (nSPS) is 12.1. The van der Waals surface area contributed by atoms with Crippen molar-refractivity contribution in [2.45, 2.75) is 134 Å². The Morgan fingerprint density at radius 2 is 0.655 bits per heavy atom. The number of furan rings is 4. The van der Waals surface area contributed by atoms with Crippen molar-refractivity contribution in [2.75, 3.05) is 0 Å². The highest BCUT2D eigenvalue weighted by molar-refractivity contribution is 6.12. The fraction of sp³-hybridized carbons (Fsp3) is 0.243.